The lowest BCUT2D eigenvalue weighted by atomic mass is 10.0. The van der Waals surface area contributed by atoms with Crippen molar-refractivity contribution in [1.29, 1.82) is 0 Å². The maximum Gasteiger partial charge on any atom is 0.244 e. The summed E-state index contributed by atoms with van der Waals surface area (Å²) < 4.78 is 5.38. The van der Waals surface area contributed by atoms with E-state index in [4.69, 9.17) is 4.74 Å². The molecule has 2 aromatic rings. The van der Waals surface area contributed by atoms with Gasteiger partial charge in [-0.25, -0.2) is 0 Å². The monoisotopic (exact) mass is 393 g/mol. The third-order valence-corrected chi connectivity index (χ3v) is 5.53. The van der Waals surface area contributed by atoms with Crippen molar-refractivity contribution in [2.24, 2.45) is 0 Å². The highest BCUT2D eigenvalue weighted by atomic mass is 16.5. The number of carbonyl (C=O) groups excluding carboxylic acids is 2. The second kappa shape index (κ2) is 9.20. The molecule has 2 amide bonds. The van der Waals surface area contributed by atoms with Crippen molar-refractivity contribution in [1.82, 2.24) is 10.2 Å². The summed E-state index contributed by atoms with van der Waals surface area (Å²) in [6, 6.07) is 17.5. The Bertz CT molecular complexity index is 832. The van der Waals surface area contributed by atoms with Crippen LogP contribution >= 0.6 is 0 Å². The first-order chi connectivity index (χ1) is 14.2. The molecule has 0 aromatic heterocycles. The van der Waals surface area contributed by atoms with Gasteiger partial charge in [-0.2, -0.15) is 0 Å². The molecule has 2 fully saturated rings. The van der Waals surface area contributed by atoms with Crippen LogP contribution in [0.1, 0.15) is 30.0 Å². The Balaban J connectivity index is 1.45. The van der Waals surface area contributed by atoms with Gasteiger partial charge in [-0.3, -0.25) is 14.9 Å². The number of ether oxygens (including phenoxy) is 1. The maximum absolute atomic E-state index is 13.1. The van der Waals surface area contributed by atoms with Gasteiger partial charge in [0.15, 0.2) is 0 Å². The van der Waals surface area contributed by atoms with Gasteiger partial charge in [-0.05, 0) is 29.7 Å². The maximum atomic E-state index is 13.1. The van der Waals surface area contributed by atoms with Crippen LogP contribution in [0.2, 0.25) is 0 Å². The van der Waals surface area contributed by atoms with E-state index in [-0.39, 0.29) is 11.8 Å². The van der Waals surface area contributed by atoms with Gasteiger partial charge >= 0.3 is 0 Å². The average Bonchev–Trinajstić information content (AvgIpc) is 3.21. The second-order valence-electron chi connectivity index (χ2n) is 7.48. The number of benzene rings is 2. The summed E-state index contributed by atoms with van der Waals surface area (Å²) in [5.41, 5.74) is 2.99. The third-order valence-electron chi connectivity index (χ3n) is 5.53. The fraction of sp³-hybridized carbons (Fsp3) is 0.391. The number of amides is 2. The van der Waals surface area contributed by atoms with Crippen molar-refractivity contribution in [3.05, 3.63) is 65.7 Å². The van der Waals surface area contributed by atoms with Crippen molar-refractivity contribution in [2.75, 3.05) is 37.7 Å². The molecular weight excluding hydrogens is 366 g/mol. The molecule has 1 atom stereocenters. The number of morpholine rings is 1. The zero-order chi connectivity index (χ0) is 20.1. The minimum atomic E-state index is -0.394. The Labute approximate surface area is 171 Å². The van der Waals surface area contributed by atoms with E-state index in [0.29, 0.717) is 39.3 Å². The van der Waals surface area contributed by atoms with Crippen LogP contribution in [0, 0.1) is 0 Å². The van der Waals surface area contributed by atoms with E-state index in [1.54, 1.807) is 0 Å². The molecule has 2 aromatic carbocycles. The van der Waals surface area contributed by atoms with Crippen molar-refractivity contribution in [2.45, 2.75) is 25.4 Å². The normalized spacial score (nSPS) is 18.1. The molecule has 4 rings (SSSR count). The Kier molecular flexibility index (Phi) is 6.22. The number of rotatable bonds is 6. The number of hydrogen-bond donors (Lipinski definition) is 1. The highest BCUT2D eigenvalue weighted by molar-refractivity contribution is 5.95. The molecule has 6 heteroatoms. The molecule has 152 valence electrons. The topological polar surface area (TPSA) is 61.9 Å². The summed E-state index contributed by atoms with van der Waals surface area (Å²) in [6.45, 7) is 3.79. The fourth-order valence-electron chi connectivity index (χ4n) is 3.89. The first kappa shape index (κ1) is 19.6. The smallest absolute Gasteiger partial charge is 0.244 e. The van der Waals surface area contributed by atoms with Gasteiger partial charge in [0.25, 0.3) is 0 Å². The Morgan fingerprint density at radius 1 is 1.00 bits per heavy atom. The number of nitrogens with one attached hydrogen (secondary N) is 1. The molecule has 6 nitrogen and oxygen atoms in total. The first-order valence-corrected chi connectivity index (χ1v) is 10.3. The lowest BCUT2D eigenvalue weighted by Crippen LogP contribution is -2.46. The summed E-state index contributed by atoms with van der Waals surface area (Å²) >= 11 is 0. The van der Waals surface area contributed by atoms with Gasteiger partial charge in [0, 0.05) is 38.3 Å². The quantitative estimate of drug-likeness (QED) is 0.819. The molecule has 0 bridgehead atoms. The molecule has 2 aliphatic heterocycles. The van der Waals surface area contributed by atoms with Gasteiger partial charge in [-0.1, -0.05) is 42.5 Å². The van der Waals surface area contributed by atoms with Crippen LogP contribution in [0.3, 0.4) is 0 Å². The van der Waals surface area contributed by atoms with E-state index >= 15 is 0 Å². The van der Waals surface area contributed by atoms with Crippen molar-refractivity contribution < 1.29 is 14.3 Å². The van der Waals surface area contributed by atoms with E-state index in [1.165, 1.54) is 0 Å². The number of nitrogens with zero attached hydrogens (tertiary/aromatic N) is 2. The van der Waals surface area contributed by atoms with E-state index < -0.39 is 6.04 Å². The largest absolute Gasteiger partial charge is 0.378 e. The Morgan fingerprint density at radius 3 is 2.38 bits per heavy atom. The van der Waals surface area contributed by atoms with Crippen LogP contribution < -0.4 is 10.2 Å². The average molecular weight is 393 g/mol. The van der Waals surface area contributed by atoms with Crippen molar-refractivity contribution in [3.63, 3.8) is 0 Å². The minimum absolute atomic E-state index is 0.0822. The predicted molar refractivity (Wildman–Crippen MR) is 111 cm³/mol. The number of anilines is 1. The lowest BCUT2D eigenvalue weighted by Gasteiger charge is -2.31. The molecular formula is C23H27N3O3. The molecule has 2 saturated heterocycles. The molecule has 2 heterocycles. The fourth-order valence-corrected chi connectivity index (χ4v) is 3.89. The molecule has 1 N–H and O–H groups in total. The van der Waals surface area contributed by atoms with Crippen LogP contribution in [-0.2, 0) is 20.9 Å². The van der Waals surface area contributed by atoms with Gasteiger partial charge in [-0.15, -0.1) is 0 Å². The van der Waals surface area contributed by atoms with Crippen LogP contribution in [0.5, 0.6) is 0 Å². The predicted octanol–water partition coefficient (Wildman–Crippen LogP) is 2.50. The molecule has 29 heavy (non-hydrogen) atoms. The summed E-state index contributed by atoms with van der Waals surface area (Å²) in [4.78, 5) is 28.8. The Morgan fingerprint density at radius 2 is 1.72 bits per heavy atom. The van der Waals surface area contributed by atoms with Crippen LogP contribution in [0.4, 0.5) is 5.69 Å². The summed E-state index contributed by atoms with van der Waals surface area (Å²) in [6.07, 6.45) is 1.55. The van der Waals surface area contributed by atoms with Crippen LogP contribution in [0.15, 0.2) is 54.6 Å². The van der Waals surface area contributed by atoms with Crippen molar-refractivity contribution >= 4 is 17.5 Å². The highest BCUT2D eigenvalue weighted by Gasteiger charge is 2.27. The SMILES string of the molecule is O=C([C@H](NCc1ccc(N2CCCC2=O)cc1)c1ccccc1)N1CCOCC1. The molecule has 0 spiro atoms. The van der Waals surface area contributed by atoms with E-state index in [1.807, 2.05) is 64.4 Å². The van der Waals surface area contributed by atoms with E-state index in [9.17, 15) is 9.59 Å². The molecule has 0 radical (unpaired) electrons. The van der Waals surface area contributed by atoms with E-state index in [2.05, 4.69) is 5.32 Å². The lowest BCUT2D eigenvalue weighted by molar-refractivity contribution is -0.137. The summed E-state index contributed by atoms with van der Waals surface area (Å²) in [5, 5.41) is 3.43. The summed E-state index contributed by atoms with van der Waals surface area (Å²) in [5.74, 6) is 0.273. The van der Waals surface area contributed by atoms with Gasteiger partial charge in [0.1, 0.15) is 6.04 Å². The standard InChI is InChI=1S/C23H27N3O3/c27-21-7-4-12-26(21)20-10-8-18(9-11-20)17-24-22(19-5-2-1-3-6-19)23(28)25-13-15-29-16-14-25/h1-3,5-6,8-11,22,24H,4,7,12-17H2/t22-/m1/s1. The molecule has 2 aliphatic rings. The van der Waals surface area contributed by atoms with Crippen LogP contribution in [-0.4, -0.2) is 49.6 Å². The second-order valence-corrected chi connectivity index (χ2v) is 7.48. The van der Waals surface area contributed by atoms with Gasteiger partial charge in [0.2, 0.25) is 11.8 Å². The molecule has 0 unspecified atom stereocenters. The van der Waals surface area contributed by atoms with Crippen LogP contribution in [0.25, 0.3) is 0 Å². The zero-order valence-electron chi connectivity index (χ0n) is 16.5. The third kappa shape index (κ3) is 4.66. The zero-order valence-corrected chi connectivity index (χ0v) is 16.5. The Hall–Kier alpha value is -2.70. The number of carbonyl (C=O) groups is 2. The molecule has 0 aliphatic carbocycles. The highest BCUT2D eigenvalue weighted by Crippen LogP contribution is 2.22. The van der Waals surface area contributed by atoms with Gasteiger partial charge in [0.05, 0.1) is 13.2 Å². The summed E-state index contributed by atoms with van der Waals surface area (Å²) in [7, 11) is 0. The minimum Gasteiger partial charge on any atom is -0.378 e. The van der Waals surface area contributed by atoms with E-state index in [0.717, 1.165) is 29.8 Å². The number of hydrogen-bond acceptors (Lipinski definition) is 4. The van der Waals surface area contributed by atoms with Crippen molar-refractivity contribution in [3.8, 4) is 0 Å². The molecule has 0 saturated carbocycles. The first-order valence-electron chi connectivity index (χ1n) is 10.3. The van der Waals surface area contributed by atoms with Gasteiger partial charge < -0.3 is 14.5 Å².